The molecule has 2 aromatic carbocycles. The molecule has 1 aliphatic rings. The first kappa shape index (κ1) is 21.8. The fourth-order valence-corrected chi connectivity index (χ4v) is 3.38. The highest BCUT2D eigenvalue weighted by molar-refractivity contribution is 7.80. The molecule has 0 aromatic heterocycles. The molecule has 0 spiro atoms. The van der Waals surface area contributed by atoms with E-state index < -0.39 is 11.8 Å². The van der Waals surface area contributed by atoms with Crippen LogP contribution < -0.4 is 19.7 Å². The van der Waals surface area contributed by atoms with E-state index in [1.165, 1.54) is 18.1 Å². The Kier molecular flexibility index (Phi) is 6.74. The number of hydrogen-bond acceptors (Lipinski definition) is 5. The predicted octanol–water partition coefficient (Wildman–Crippen LogP) is 4.36. The van der Waals surface area contributed by atoms with Gasteiger partial charge in [0.25, 0.3) is 11.8 Å². The number of nitrogens with one attached hydrogen (secondary N) is 1. The van der Waals surface area contributed by atoms with E-state index in [0.717, 1.165) is 6.42 Å². The van der Waals surface area contributed by atoms with Gasteiger partial charge in [0.15, 0.2) is 16.6 Å². The minimum absolute atomic E-state index is 0.0306. The molecule has 0 saturated carbocycles. The first-order valence-corrected chi connectivity index (χ1v) is 10.2. The summed E-state index contributed by atoms with van der Waals surface area (Å²) in [5.74, 6) is -0.202. The van der Waals surface area contributed by atoms with Crippen LogP contribution in [0.1, 0.15) is 25.8 Å². The van der Waals surface area contributed by atoms with Gasteiger partial charge in [0.2, 0.25) is 0 Å². The Morgan fingerprint density at radius 2 is 1.93 bits per heavy atom. The lowest BCUT2D eigenvalue weighted by molar-refractivity contribution is -0.122. The summed E-state index contributed by atoms with van der Waals surface area (Å²) in [5, 5.41) is 2.86. The highest BCUT2D eigenvalue weighted by Gasteiger charge is 2.35. The molecule has 6 nitrogen and oxygen atoms in total. The van der Waals surface area contributed by atoms with Crippen molar-refractivity contribution in [3.05, 3.63) is 58.6 Å². The summed E-state index contributed by atoms with van der Waals surface area (Å²) in [4.78, 5) is 27.0. The maximum Gasteiger partial charge on any atom is 0.270 e. The van der Waals surface area contributed by atoms with Crippen LogP contribution in [0.4, 0.5) is 5.69 Å². The van der Waals surface area contributed by atoms with Gasteiger partial charge in [0, 0.05) is 5.56 Å². The van der Waals surface area contributed by atoms with Gasteiger partial charge < -0.3 is 9.47 Å². The summed E-state index contributed by atoms with van der Waals surface area (Å²) in [6.07, 6.45) is 2.17. The van der Waals surface area contributed by atoms with Gasteiger partial charge in [-0.15, -0.1) is 0 Å². The van der Waals surface area contributed by atoms with Gasteiger partial charge >= 0.3 is 0 Å². The fourth-order valence-electron chi connectivity index (χ4n) is 2.88. The average Bonchev–Trinajstić information content (AvgIpc) is 2.73. The van der Waals surface area contributed by atoms with Crippen molar-refractivity contribution >= 4 is 52.5 Å². The van der Waals surface area contributed by atoms with Crippen LogP contribution in [0, 0.1) is 0 Å². The van der Waals surface area contributed by atoms with Gasteiger partial charge in [-0.1, -0.05) is 42.8 Å². The minimum Gasteiger partial charge on any atom is -0.493 e. The molecule has 30 heavy (non-hydrogen) atoms. The summed E-state index contributed by atoms with van der Waals surface area (Å²) in [7, 11) is 1.53. The number of rotatable bonds is 6. The largest absolute Gasteiger partial charge is 0.493 e. The number of benzene rings is 2. The van der Waals surface area contributed by atoms with Gasteiger partial charge in [-0.3, -0.25) is 19.8 Å². The van der Waals surface area contributed by atoms with Crippen LogP contribution in [0.5, 0.6) is 11.5 Å². The number of amides is 2. The lowest BCUT2D eigenvalue weighted by atomic mass is 10.1. The Balaban J connectivity index is 2.08. The van der Waals surface area contributed by atoms with Gasteiger partial charge in [0.05, 0.1) is 23.9 Å². The number of carbonyl (C=O) groups is 2. The highest BCUT2D eigenvalue weighted by atomic mass is 35.5. The molecule has 3 rings (SSSR count). The van der Waals surface area contributed by atoms with Gasteiger partial charge in [-0.2, -0.15) is 0 Å². The van der Waals surface area contributed by atoms with Crippen molar-refractivity contribution in [3.8, 4) is 11.5 Å². The summed E-state index contributed by atoms with van der Waals surface area (Å²) in [6, 6.07) is 12.0. The van der Waals surface area contributed by atoms with E-state index in [4.69, 9.17) is 33.3 Å². The van der Waals surface area contributed by atoms with Gasteiger partial charge in [-0.25, -0.2) is 0 Å². The Morgan fingerprint density at radius 3 is 2.60 bits per heavy atom. The second kappa shape index (κ2) is 9.28. The zero-order valence-corrected chi connectivity index (χ0v) is 18.3. The molecule has 2 amide bonds. The molecule has 0 bridgehead atoms. The molecule has 1 atom stereocenters. The highest BCUT2D eigenvalue weighted by Crippen LogP contribution is 2.35. The molecule has 1 saturated heterocycles. The Hall–Kier alpha value is -2.90. The predicted molar refractivity (Wildman–Crippen MR) is 121 cm³/mol. The van der Waals surface area contributed by atoms with Crippen molar-refractivity contribution in [3.63, 3.8) is 0 Å². The number of nitrogens with zero attached hydrogens (tertiary/aromatic N) is 1. The number of carbonyl (C=O) groups excluding carboxylic acids is 2. The van der Waals surface area contributed by atoms with E-state index in [2.05, 4.69) is 5.32 Å². The summed E-state index contributed by atoms with van der Waals surface area (Å²) < 4.78 is 11.4. The molecule has 8 heteroatoms. The van der Waals surface area contributed by atoms with Crippen molar-refractivity contribution in [2.75, 3.05) is 12.0 Å². The van der Waals surface area contributed by atoms with Crippen LogP contribution in [-0.2, 0) is 9.59 Å². The third-order valence-corrected chi connectivity index (χ3v) is 5.22. The second-order valence-corrected chi connectivity index (χ2v) is 7.42. The molecule has 2 aromatic rings. The number of anilines is 1. The van der Waals surface area contributed by atoms with E-state index in [9.17, 15) is 9.59 Å². The van der Waals surface area contributed by atoms with Crippen molar-refractivity contribution in [1.82, 2.24) is 5.32 Å². The number of ether oxygens (including phenoxy) is 2. The van der Waals surface area contributed by atoms with Gasteiger partial charge in [-0.05, 0) is 49.8 Å². The van der Waals surface area contributed by atoms with Crippen molar-refractivity contribution in [2.45, 2.75) is 26.4 Å². The molecular weight excluding hydrogens is 424 g/mol. The summed E-state index contributed by atoms with van der Waals surface area (Å²) in [6.45, 7) is 3.93. The lowest BCUT2D eigenvalue weighted by Crippen LogP contribution is -2.54. The van der Waals surface area contributed by atoms with Gasteiger partial charge in [0.1, 0.15) is 5.57 Å². The number of para-hydroxylation sites is 2. The van der Waals surface area contributed by atoms with Crippen molar-refractivity contribution in [2.24, 2.45) is 0 Å². The Bertz CT molecular complexity index is 1040. The number of hydrogen-bond donors (Lipinski definition) is 1. The topological polar surface area (TPSA) is 67.9 Å². The van der Waals surface area contributed by atoms with E-state index in [1.54, 1.807) is 42.5 Å². The maximum absolute atomic E-state index is 13.2. The molecule has 1 N–H and O–H groups in total. The first-order valence-electron chi connectivity index (χ1n) is 9.37. The quantitative estimate of drug-likeness (QED) is 0.407. The average molecular weight is 445 g/mol. The van der Waals surface area contributed by atoms with E-state index in [1.807, 2.05) is 13.8 Å². The van der Waals surface area contributed by atoms with Crippen LogP contribution in [0.3, 0.4) is 0 Å². The van der Waals surface area contributed by atoms with Crippen LogP contribution in [0.2, 0.25) is 5.02 Å². The molecule has 156 valence electrons. The van der Waals surface area contributed by atoms with E-state index >= 15 is 0 Å². The molecule has 0 aliphatic carbocycles. The summed E-state index contributed by atoms with van der Waals surface area (Å²) in [5.41, 5.74) is 0.840. The van der Waals surface area contributed by atoms with Crippen molar-refractivity contribution in [1.29, 1.82) is 0 Å². The number of thiocarbonyl (C=S) groups is 1. The molecule has 1 fully saturated rings. The van der Waals surface area contributed by atoms with Crippen molar-refractivity contribution < 1.29 is 19.1 Å². The molecule has 1 aliphatic heterocycles. The number of methoxy groups -OCH3 is 1. The second-order valence-electron chi connectivity index (χ2n) is 6.62. The van der Waals surface area contributed by atoms with E-state index in [0.29, 0.717) is 27.8 Å². The molecular formula is C22H21ClN2O4S. The van der Waals surface area contributed by atoms with Crippen LogP contribution >= 0.6 is 23.8 Å². The van der Waals surface area contributed by atoms with Crippen LogP contribution in [0.15, 0.2) is 48.0 Å². The molecule has 0 unspecified atom stereocenters. The third-order valence-electron chi connectivity index (χ3n) is 4.62. The normalized spacial score (nSPS) is 16.5. The Morgan fingerprint density at radius 1 is 1.20 bits per heavy atom. The lowest BCUT2D eigenvalue weighted by Gasteiger charge is -2.29. The SMILES string of the molecule is CC[C@@H](C)Oc1c(/C=C2\C(=O)NC(=S)N(c3ccccc3Cl)C2=O)cccc1OC. The zero-order valence-electron chi connectivity index (χ0n) is 16.8. The zero-order chi connectivity index (χ0) is 21.8. The van der Waals surface area contributed by atoms with E-state index in [-0.39, 0.29) is 16.8 Å². The molecule has 0 radical (unpaired) electrons. The summed E-state index contributed by atoms with van der Waals surface area (Å²) >= 11 is 11.5. The smallest absolute Gasteiger partial charge is 0.270 e. The van der Waals surface area contributed by atoms with Crippen LogP contribution in [-0.4, -0.2) is 30.1 Å². The maximum atomic E-state index is 13.2. The standard InChI is InChI=1S/C22H21ClN2O4S/c1-4-13(2)29-19-14(8-7-11-18(19)28-3)12-15-20(26)24-22(30)25(21(15)27)17-10-6-5-9-16(17)23/h5-13H,4H2,1-3H3,(H,24,26,30)/b15-12+/t13-/m1/s1. The molecule has 1 heterocycles. The van der Waals surface area contributed by atoms with Crippen LogP contribution in [0.25, 0.3) is 6.08 Å². The Labute approximate surface area is 185 Å². The number of halogens is 1. The monoisotopic (exact) mass is 444 g/mol. The third kappa shape index (κ3) is 4.32. The first-order chi connectivity index (χ1) is 14.4. The fraction of sp³-hybridized carbons (Fsp3) is 0.227. The minimum atomic E-state index is -0.592.